The molecular formula is C18H14FN3O. The maximum absolute atomic E-state index is 13.3. The Morgan fingerprint density at radius 1 is 1.04 bits per heavy atom. The highest BCUT2D eigenvalue weighted by molar-refractivity contribution is 5.97. The second-order valence-corrected chi connectivity index (χ2v) is 5.19. The molecule has 23 heavy (non-hydrogen) atoms. The van der Waals surface area contributed by atoms with Gasteiger partial charge < -0.3 is 0 Å². The van der Waals surface area contributed by atoms with E-state index in [0.29, 0.717) is 22.5 Å². The second kappa shape index (κ2) is 6.44. The number of rotatable bonds is 4. The first kappa shape index (κ1) is 15.0. The Morgan fingerprint density at radius 3 is 2.57 bits per heavy atom. The number of carbonyl (C=O) groups excluding carboxylic acids is 1. The van der Waals surface area contributed by atoms with Gasteiger partial charge in [0.2, 0.25) is 0 Å². The second-order valence-electron chi connectivity index (χ2n) is 5.19. The van der Waals surface area contributed by atoms with Gasteiger partial charge in [-0.25, -0.2) is 4.39 Å². The van der Waals surface area contributed by atoms with Gasteiger partial charge in [-0.05, 0) is 55.0 Å². The van der Waals surface area contributed by atoms with E-state index in [4.69, 9.17) is 0 Å². The average Bonchev–Trinajstić information content (AvgIpc) is 2.59. The summed E-state index contributed by atoms with van der Waals surface area (Å²) in [6.07, 6.45) is 1.81. The minimum Gasteiger partial charge on any atom is -0.294 e. The van der Waals surface area contributed by atoms with Gasteiger partial charge in [-0.15, -0.1) is 5.10 Å². The number of hydrogen-bond acceptors (Lipinski definition) is 4. The van der Waals surface area contributed by atoms with Crippen LogP contribution < -0.4 is 0 Å². The van der Waals surface area contributed by atoms with Gasteiger partial charge in [-0.2, -0.15) is 5.10 Å². The van der Waals surface area contributed by atoms with Crippen LogP contribution in [-0.4, -0.2) is 21.0 Å². The van der Waals surface area contributed by atoms with Gasteiger partial charge in [0, 0.05) is 11.8 Å². The molecule has 0 aliphatic carbocycles. The Bertz CT molecular complexity index is 833. The molecule has 0 saturated carbocycles. The first-order valence-electron chi connectivity index (χ1n) is 7.17. The molecule has 4 nitrogen and oxygen atoms in total. The molecule has 3 aromatic rings. The van der Waals surface area contributed by atoms with Crippen molar-refractivity contribution < 1.29 is 9.18 Å². The van der Waals surface area contributed by atoms with E-state index in [1.54, 1.807) is 31.3 Å². The lowest BCUT2D eigenvalue weighted by Crippen LogP contribution is -2.07. The first-order valence-corrected chi connectivity index (χ1v) is 7.17. The van der Waals surface area contributed by atoms with Crippen molar-refractivity contribution in [3.8, 4) is 11.4 Å². The predicted octanol–water partition coefficient (Wildman–Crippen LogP) is 3.41. The zero-order chi connectivity index (χ0) is 16.2. The first-order chi connectivity index (χ1) is 11.1. The summed E-state index contributed by atoms with van der Waals surface area (Å²) in [6.45, 7) is 1.63. The number of nitrogens with zero attached hydrogens (tertiary/aromatic N) is 3. The maximum Gasteiger partial charge on any atom is 0.168 e. The van der Waals surface area contributed by atoms with Crippen molar-refractivity contribution >= 4 is 5.78 Å². The van der Waals surface area contributed by atoms with Crippen LogP contribution in [0.3, 0.4) is 0 Å². The Labute approximate surface area is 133 Å². The largest absolute Gasteiger partial charge is 0.294 e. The molecule has 0 saturated heterocycles. The fourth-order valence-corrected chi connectivity index (χ4v) is 2.19. The number of Topliss-reactive ketones (excluding diaryl/α,β-unsaturated/α-hetero) is 1. The van der Waals surface area contributed by atoms with Crippen LogP contribution in [0.25, 0.3) is 11.4 Å². The molecule has 0 amide bonds. The monoisotopic (exact) mass is 307 g/mol. The molecule has 114 valence electrons. The number of benzene rings is 1. The molecule has 2 heterocycles. The Hall–Kier alpha value is -2.95. The molecule has 0 fully saturated rings. The molecular weight excluding hydrogens is 293 g/mol. The highest BCUT2D eigenvalue weighted by Crippen LogP contribution is 2.14. The lowest BCUT2D eigenvalue weighted by atomic mass is 10.0. The van der Waals surface area contributed by atoms with Crippen molar-refractivity contribution in [3.63, 3.8) is 0 Å². The number of aromatic nitrogens is 3. The minimum absolute atomic E-state index is 0.118. The van der Waals surface area contributed by atoms with E-state index in [2.05, 4.69) is 15.2 Å². The van der Waals surface area contributed by atoms with Gasteiger partial charge in [0.05, 0.1) is 17.8 Å². The Morgan fingerprint density at radius 2 is 1.91 bits per heavy atom. The molecule has 0 radical (unpaired) electrons. The van der Waals surface area contributed by atoms with Crippen LogP contribution in [0.1, 0.15) is 21.6 Å². The van der Waals surface area contributed by atoms with E-state index < -0.39 is 0 Å². The Kier molecular flexibility index (Phi) is 4.19. The van der Waals surface area contributed by atoms with Crippen LogP contribution in [0, 0.1) is 12.7 Å². The van der Waals surface area contributed by atoms with Crippen LogP contribution in [0.15, 0.2) is 54.7 Å². The van der Waals surface area contributed by atoms with E-state index in [9.17, 15) is 9.18 Å². The number of hydrogen-bond donors (Lipinski definition) is 0. The zero-order valence-electron chi connectivity index (χ0n) is 12.5. The van der Waals surface area contributed by atoms with Crippen molar-refractivity contribution in [3.05, 3.63) is 77.4 Å². The molecule has 5 heteroatoms. The summed E-state index contributed by atoms with van der Waals surface area (Å²) in [5.41, 5.74) is 2.87. The molecule has 0 bridgehead atoms. The van der Waals surface area contributed by atoms with Gasteiger partial charge in [0.1, 0.15) is 11.5 Å². The van der Waals surface area contributed by atoms with E-state index in [1.807, 2.05) is 18.2 Å². The highest BCUT2D eigenvalue weighted by Gasteiger charge is 2.11. The summed E-state index contributed by atoms with van der Waals surface area (Å²) in [6, 6.07) is 13.4. The van der Waals surface area contributed by atoms with Gasteiger partial charge in [-0.1, -0.05) is 6.07 Å². The molecule has 3 rings (SSSR count). The van der Waals surface area contributed by atoms with Gasteiger partial charge in [0.15, 0.2) is 5.78 Å². The number of aryl methyl sites for hydroxylation is 1. The summed E-state index contributed by atoms with van der Waals surface area (Å²) in [5.74, 6) is -0.436. The van der Waals surface area contributed by atoms with Gasteiger partial charge in [-0.3, -0.25) is 9.78 Å². The molecule has 0 atom stereocenters. The molecule has 0 spiro atoms. The normalized spacial score (nSPS) is 10.5. The summed E-state index contributed by atoms with van der Waals surface area (Å²) in [5, 5.41) is 8.18. The third-order valence-electron chi connectivity index (χ3n) is 3.47. The zero-order valence-corrected chi connectivity index (χ0v) is 12.5. The third kappa shape index (κ3) is 3.45. The van der Waals surface area contributed by atoms with Crippen molar-refractivity contribution in [2.45, 2.75) is 13.3 Å². The van der Waals surface area contributed by atoms with Crippen LogP contribution >= 0.6 is 0 Å². The number of carbonyl (C=O) groups is 1. The number of ketones is 1. The smallest absolute Gasteiger partial charge is 0.168 e. The predicted molar refractivity (Wildman–Crippen MR) is 84.4 cm³/mol. The van der Waals surface area contributed by atoms with Gasteiger partial charge >= 0.3 is 0 Å². The van der Waals surface area contributed by atoms with E-state index in [1.165, 1.54) is 12.1 Å². The maximum atomic E-state index is 13.3. The summed E-state index contributed by atoms with van der Waals surface area (Å²) in [4.78, 5) is 16.4. The summed E-state index contributed by atoms with van der Waals surface area (Å²) in [7, 11) is 0. The van der Waals surface area contributed by atoms with Crippen LogP contribution in [0.2, 0.25) is 0 Å². The lowest BCUT2D eigenvalue weighted by Gasteiger charge is -2.04. The van der Waals surface area contributed by atoms with Crippen molar-refractivity contribution in [1.29, 1.82) is 0 Å². The van der Waals surface area contributed by atoms with Crippen LogP contribution in [-0.2, 0) is 6.42 Å². The molecule has 0 aliphatic heterocycles. The summed E-state index contributed by atoms with van der Waals surface area (Å²) < 4.78 is 13.3. The molecule has 0 N–H and O–H groups in total. The Balaban J connectivity index is 1.75. The number of pyridine rings is 1. The fraction of sp³-hybridized carbons (Fsp3) is 0.111. The molecule has 0 aliphatic rings. The van der Waals surface area contributed by atoms with Crippen molar-refractivity contribution in [1.82, 2.24) is 15.2 Å². The molecule has 2 aromatic heterocycles. The highest BCUT2D eigenvalue weighted by atomic mass is 19.1. The van der Waals surface area contributed by atoms with Crippen molar-refractivity contribution in [2.24, 2.45) is 0 Å². The minimum atomic E-state index is -0.318. The van der Waals surface area contributed by atoms with Crippen molar-refractivity contribution in [2.75, 3.05) is 0 Å². The van der Waals surface area contributed by atoms with Crippen LogP contribution in [0.5, 0.6) is 0 Å². The standard InChI is InChI=1S/C18H14FN3O/c1-12-10-13(5-7-15(12)19)18(23)11-14-6-8-17(22-21-14)16-4-2-3-9-20-16/h2-10H,11H2,1H3. The topological polar surface area (TPSA) is 55.7 Å². The van der Waals surface area contributed by atoms with E-state index in [0.717, 1.165) is 5.69 Å². The fourth-order valence-electron chi connectivity index (χ4n) is 2.19. The third-order valence-corrected chi connectivity index (χ3v) is 3.47. The lowest BCUT2D eigenvalue weighted by molar-refractivity contribution is 0.0991. The van der Waals surface area contributed by atoms with Gasteiger partial charge in [0.25, 0.3) is 0 Å². The molecule has 1 aromatic carbocycles. The van der Waals surface area contributed by atoms with E-state index in [-0.39, 0.29) is 18.0 Å². The SMILES string of the molecule is Cc1cc(C(=O)Cc2ccc(-c3ccccn3)nn2)ccc1F. The number of halogens is 1. The van der Waals surface area contributed by atoms with E-state index >= 15 is 0 Å². The summed E-state index contributed by atoms with van der Waals surface area (Å²) >= 11 is 0. The quantitative estimate of drug-likeness (QED) is 0.693. The van der Waals surface area contributed by atoms with Crippen LogP contribution in [0.4, 0.5) is 4.39 Å². The average molecular weight is 307 g/mol. The molecule has 0 unspecified atom stereocenters.